The van der Waals surface area contributed by atoms with Crippen LogP contribution in [0, 0.1) is 0 Å². The van der Waals surface area contributed by atoms with Gasteiger partial charge in [0.2, 0.25) is 10.0 Å². The van der Waals surface area contributed by atoms with Crippen LogP contribution in [0.3, 0.4) is 0 Å². The number of rotatable bonds is 6. The van der Waals surface area contributed by atoms with E-state index in [1.54, 1.807) is 13.8 Å². The van der Waals surface area contributed by atoms with Crippen LogP contribution >= 0.6 is 0 Å². The summed E-state index contributed by atoms with van der Waals surface area (Å²) in [6.07, 6.45) is 2.89. The monoisotopic (exact) mass is 389 g/mol. The third-order valence-electron chi connectivity index (χ3n) is 5.14. The van der Waals surface area contributed by atoms with E-state index in [1.165, 1.54) is 0 Å². The quantitative estimate of drug-likeness (QED) is 0.785. The lowest BCUT2D eigenvalue weighted by atomic mass is 9.76. The number of hydrogen-bond acceptors (Lipinski definition) is 4. The smallest absolute Gasteiger partial charge is 0.214 e. The molecule has 1 saturated carbocycles. The topological polar surface area (TPSA) is 75.6 Å². The van der Waals surface area contributed by atoms with Crippen molar-refractivity contribution in [3.8, 4) is 11.5 Å². The number of sulfonamides is 1. The van der Waals surface area contributed by atoms with E-state index in [9.17, 15) is 13.5 Å². The third kappa shape index (κ3) is 4.51. The van der Waals surface area contributed by atoms with E-state index in [1.807, 2.05) is 54.6 Å². The van der Waals surface area contributed by atoms with Gasteiger partial charge in [-0.2, -0.15) is 0 Å². The highest BCUT2D eigenvalue weighted by atomic mass is 32.2. The summed E-state index contributed by atoms with van der Waals surface area (Å²) < 4.78 is 33.2. The molecule has 146 valence electrons. The number of hydrogen-bond donors (Lipinski definition) is 2. The van der Waals surface area contributed by atoms with Crippen LogP contribution in [0.25, 0.3) is 0 Å². The molecule has 27 heavy (non-hydrogen) atoms. The Morgan fingerprint density at radius 3 is 2.30 bits per heavy atom. The van der Waals surface area contributed by atoms with Crippen molar-refractivity contribution in [1.82, 2.24) is 4.72 Å². The zero-order valence-electron chi connectivity index (χ0n) is 15.8. The Labute approximate surface area is 161 Å². The minimum Gasteiger partial charge on any atom is -0.457 e. The Hall–Kier alpha value is -1.89. The van der Waals surface area contributed by atoms with E-state index in [-0.39, 0.29) is 0 Å². The molecule has 0 aromatic heterocycles. The van der Waals surface area contributed by atoms with Crippen molar-refractivity contribution in [2.24, 2.45) is 0 Å². The van der Waals surface area contributed by atoms with Crippen molar-refractivity contribution in [1.29, 1.82) is 0 Å². The first-order chi connectivity index (χ1) is 12.8. The van der Waals surface area contributed by atoms with Crippen molar-refractivity contribution in [2.45, 2.75) is 56.4 Å². The number of ether oxygens (including phenoxy) is 1. The summed E-state index contributed by atoms with van der Waals surface area (Å²) >= 11 is 0. The molecule has 0 unspecified atom stereocenters. The molecule has 0 spiro atoms. The van der Waals surface area contributed by atoms with E-state index >= 15 is 0 Å². The number of para-hydroxylation sites is 1. The minimum atomic E-state index is -3.46. The summed E-state index contributed by atoms with van der Waals surface area (Å²) in [5.74, 6) is 1.41. The van der Waals surface area contributed by atoms with E-state index < -0.39 is 26.9 Å². The van der Waals surface area contributed by atoms with E-state index in [2.05, 4.69) is 4.72 Å². The lowest BCUT2D eigenvalue weighted by Crippen LogP contribution is -2.53. The number of nitrogens with one attached hydrogen (secondary N) is 1. The Morgan fingerprint density at radius 1 is 1.04 bits per heavy atom. The van der Waals surface area contributed by atoms with Gasteiger partial charge in [-0.25, -0.2) is 13.1 Å². The van der Waals surface area contributed by atoms with Crippen molar-refractivity contribution in [3.63, 3.8) is 0 Å². The van der Waals surface area contributed by atoms with Gasteiger partial charge in [0, 0.05) is 0 Å². The summed E-state index contributed by atoms with van der Waals surface area (Å²) in [7, 11) is -3.46. The Kier molecular flexibility index (Phi) is 5.89. The van der Waals surface area contributed by atoms with Gasteiger partial charge < -0.3 is 9.84 Å². The molecule has 0 aliphatic heterocycles. The van der Waals surface area contributed by atoms with Gasteiger partial charge in [-0.3, -0.25) is 0 Å². The highest BCUT2D eigenvalue weighted by Crippen LogP contribution is 2.38. The fourth-order valence-corrected chi connectivity index (χ4v) is 4.41. The average molecular weight is 390 g/mol. The fraction of sp³-hybridized carbons (Fsp3) is 0.429. The molecule has 5 nitrogen and oxygen atoms in total. The molecule has 0 heterocycles. The number of aliphatic hydroxyl groups is 1. The van der Waals surface area contributed by atoms with Gasteiger partial charge >= 0.3 is 0 Å². The van der Waals surface area contributed by atoms with Gasteiger partial charge in [-0.05, 0) is 56.5 Å². The predicted octanol–water partition coefficient (Wildman–Crippen LogP) is 3.94. The first-order valence-corrected chi connectivity index (χ1v) is 10.9. The van der Waals surface area contributed by atoms with Gasteiger partial charge in [0.25, 0.3) is 0 Å². The summed E-state index contributed by atoms with van der Waals surface area (Å²) in [4.78, 5) is 0. The zero-order valence-corrected chi connectivity index (χ0v) is 16.6. The molecule has 6 heteroatoms. The van der Waals surface area contributed by atoms with Crippen LogP contribution in [0.1, 0.15) is 45.1 Å². The molecule has 0 radical (unpaired) electrons. The Morgan fingerprint density at radius 2 is 1.67 bits per heavy atom. The second-order valence-corrected chi connectivity index (χ2v) is 9.64. The fourth-order valence-electron chi connectivity index (χ4n) is 3.43. The molecule has 2 aromatic carbocycles. The Bertz CT molecular complexity index is 850. The maximum absolute atomic E-state index is 12.3. The molecule has 2 aromatic rings. The van der Waals surface area contributed by atoms with E-state index in [0.29, 0.717) is 24.2 Å². The van der Waals surface area contributed by atoms with Crippen molar-refractivity contribution < 1.29 is 18.3 Å². The third-order valence-corrected chi connectivity index (χ3v) is 6.99. The maximum Gasteiger partial charge on any atom is 0.214 e. The van der Waals surface area contributed by atoms with Crippen LogP contribution < -0.4 is 9.46 Å². The summed E-state index contributed by atoms with van der Waals surface area (Å²) in [6, 6.07) is 16.2. The second kappa shape index (κ2) is 8.00. The molecule has 0 saturated heterocycles. The molecule has 3 rings (SSSR count). The summed E-state index contributed by atoms with van der Waals surface area (Å²) in [6.45, 7) is 3.28. The largest absolute Gasteiger partial charge is 0.457 e. The molecule has 1 aliphatic carbocycles. The van der Waals surface area contributed by atoms with E-state index in [4.69, 9.17) is 4.74 Å². The van der Waals surface area contributed by atoms with Gasteiger partial charge in [-0.1, -0.05) is 43.2 Å². The lowest BCUT2D eigenvalue weighted by Gasteiger charge is -2.41. The van der Waals surface area contributed by atoms with Crippen LogP contribution in [0.5, 0.6) is 11.5 Å². The predicted molar refractivity (Wildman–Crippen MR) is 106 cm³/mol. The van der Waals surface area contributed by atoms with Crippen LogP contribution in [0.4, 0.5) is 0 Å². The molecule has 2 N–H and O–H groups in total. The van der Waals surface area contributed by atoms with Crippen LogP contribution in [0.15, 0.2) is 54.6 Å². The summed E-state index contributed by atoms with van der Waals surface area (Å²) in [5, 5.41) is 10.8. The van der Waals surface area contributed by atoms with Gasteiger partial charge in [0.15, 0.2) is 0 Å². The highest BCUT2D eigenvalue weighted by Gasteiger charge is 2.42. The Balaban J connectivity index is 1.81. The van der Waals surface area contributed by atoms with E-state index in [0.717, 1.165) is 18.6 Å². The van der Waals surface area contributed by atoms with Gasteiger partial charge in [-0.15, -0.1) is 0 Å². The SMILES string of the molecule is CC(C)S(=O)(=O)N[C@H]1CCCC[C@@]1(O)c1ccc(Oc2ccccc2)cc1. The maximum atomic E-state index is 12.3. The van der Waals surface area contributed by atoms with Crippen LogP contribution in [-0.2, 0) is 15.6 Å². The average Bonchev–Trinajstić information content (AvgIpc) is 2.65. The molecular formula is C21H27NO4S. The molecule has 1 aliphatic rings. The highest BCUT2D eigenvalue weighted by molar-refractivity contribution is 7.90. The van der Waals surface area contributed by atoms with Crippen molar-refractivity contribution in [2.75, 3.05) is 0 Å². The first kappa shape index (κ1) is 19.9. The minimum absolute atomic E-state index is 0.525. The van der Waals surface area contributed by atoms with Gasteiger partial charge in [0.05, 0.1) is 11.3 Å². The first-order valence-electron chi connectivity index (χ1n) is 9.38. The molecule has 2 atom stereocenters. The molecular weight excluding hydrogens is 362 g/mol. The van der Waals surface area contributed by atoms with Crippen molar-refractivity contribution >= 4 is 10.0 Å². The van der Waals surface area contributed by atoms with Crippen molar-refractivity contribution in [3.05, 3.63) is 60.2 Å². The van der Waals surface area contributed by atoms with Crippen LogP contribution in [0.2, 0.25) is 0 Å². The molecule has 0 amide bonds. The normalized spacial score (nSPS) is 23.3. The summed E-state index contributed by atoms with van der Waals surface area (Å²) in [5.41, 5.74) is -0.509. The number of benzene rings is 2. The molecule has 1 fully saturated rings. The lowest BCUT2D eigenvalue weighted by molar-refractivity contribution is -0.0250. The second-order valence-electron chi connectivity index (χ2n) is 7.37. The standard InChI is InChI=1S/C21H27NO4S/c1-16(2)27(24,25)22-20-10-6-7-15-21(20,23)17-11-13-19(14-12-17)26-18-8-4-3-5-9-18/h3-5,8-9,11-14,16,20,22-23H,6-7,10,15H2,1-2H3/t20-,21+/m0/s1. The van der Waals surface area contributed by atoms with Crippen LogP contribution in [-0.4, -0.2) is 24.8 Å². The van der Waals surface area contributed by atoms with Gasteiger partial charge in [0.1, 0.15) is 17.1 Å². The zero-order chi connectivity index (χ0) is 19.5. The molecule has 0 bridgehead atoms.